The summed E-state index contributed by atoms with van der Waals surface area (Å²) in [5.41, 5.74) is 7.87. The van der Waals surface area contributed by atoms with Crippen LogP contribution < -0.4 is 14.8 Å². The van der Waals surface area contributed by atoms with Crippen molar-refractivity contribution in [2.45, 2.75) is 33.2 Å². The molecule has 8 heteroatoms. The van der Waals surface area contributed by atoms with Gasteiger partial charge >= 0.3 is 6.03 Å². The first-order valence-electron chi connectivity index (χ1n) is 11.2. The number of rotatable bonds is 4. The molecule has 1 aromatic heterocycles. The molecule has 0 saturated carbocycles. The number of nitrogens with one attached hydrogen (secondary N) is 1. The Kier molecular flexibility index (Phi) is 6.32. The number of hydrazone groups is 1. The lowest BCUT2D eigenvalue weighted by Gasteiger charge is -2.22. The smallest absolute Gasteiger partial charge is 0.337 e. The van der Waals surface area contributed by atoms with Gasteiger partial charge in [0.1, 0.15) is 0 Å². The van der Waals surface area contributed by atoms with Gasteiger partial charge in [0.25, 0.3) is 0 Å². The third-order valence-electron chi connectivity index (χ3n) is 6.38. The Morgan fingerprint density at radius 1 is 1.06 bits per heavy atom. The fourth-order valence-corrected chi connectivity index (χ4v) is 4.53. The molecule has 0 aliphatic carbocycles. The number of hydrogen-bond donors (Lipinski definition) is 1. The summed E-state index contributed by atoms with van der Waals surface area (Å²) in [6.07, 6.45) is 0.627. The molecule has 8 nitrogen and oxygen atoms in total. The second-order valence-corrected chi connectivity index (χ2v) is 8.51. The number of carbonyl (C=O) groups excluding carboxylic acids is 1. The minimum absolute atomic E-state index is 0.144. The molecule has 2 heterocycles. The molecule has 1 N–H and O–H groups in total. The first-order valence-corrected chi connectivity index (χ1v) is 11.2. The lowest BCUT2D eigenvalue weighted by molar-refractivity contribution is 0.184. The molecule has 2 aromatic carbocycles. The summed E-state index contributed by atoms with van der Waals surface area (Å²) in [5.74, 6) is 1.27. The maximum atomic E-state index is 12.7. The summed E-state index contributed by atoms with van der Waals surface area (Å²) >= 11 is 0. The Labute approximate surface area is 200 Å². The van der Waals surface area contributed by atoms with Crippen molar-refractivity contribution in [2.75, 3.05) is 21.3 Å². The number of aryl methyl sites for hydroxylation is 2. The molecular weight excluding hydrogens is 430 g/mol. The van der Waals surface area contributed by atoms with Crippen molar-refractivity contribution < 1.29 is 14.3 Å². The average molecular weight is 462 g/mol. The first-order chi connectivity index (χ1) is 16.3. The lowest BCUT2D eigenvalue weighted by atomic mass is 9.93. The second kappa shape index (κ2) is 9.21. The summed E-state index contributed by atoms with van der Waals surface area (Å²) < 4.78 is 13.0. The Morgan fingerprint density at radius 3 is 2.24 bits per heavy atom. The van der Waals surface area contributed by atoms with E-state index in [-0.39, 0.29) is 12.1 Å². The van der Waals surface area contributed by atoms with E-state index in [1.165, 1.54) is 5.01 Å². The van der Waals surface area contributed by atoms with E-state index in [4.69, 9.17) is 14.6 Å². The van der Waals surface area contributed by atoms with Gasteiger partial charge in [-0.3, -0.25) is 4.68 Å². The summed E-state index contributed by atoms with van der Waals surface area (Å²) in [4.78, 5) is 12.7. The largest absolute Gasteiger partial charge is 0.493 e. The number of nitrogens with zero attached hydrogens (tertiary/aromatic N) is 4. The van der Waals surface area contributed by atoms with Gasteiger partial charge in [-0.05, 0) is 50.5 Å². The normalized spacial score (nSPS) is 15.3. The third kappa shape index (κ3) is 4.00. The Morgan fingerprint density at radius 2 is 1.68 bits per heavy atom. The van der Waals surface area contributed by atoms with Crippen molar-refractivity contribution in [1.82, 2.24) is 20.1 Å². The second-order valence-electron chi connectivity index (χ2n) is 8.51. The SMILES string of the molecule is CNC(=O)N1N=C(c2ccc(-c3c(C)nn(C)c3C)cc2)c2cc(OC)c(OC)cc2C[C@H]1C. The number of aromatic nitrogens is 2. The summed E-state index contributed by atoms with van der Waals surface area (Å²) in [6.45, 7) is 6.07. The molecule has 0 unspecified atom stereocenters. The van der Waals surface area contributed by atoms with E-state index in [0.717, 1.165) is 39.2 Å². The molecule has 0 fully saturated rings. The van der Waals surface area contributed by atoms with Crippen LogP contribution in [-0.4, -0.2) is 53.8 Å². The highest BCUT2D eigenvalue weighted by molar-refractivity contribution is 6.14. The molecule has 0 radical (unpaired) electrons. The van der Waals surface area contributed by atoms with E-state index < -0.39 is 0 Å². The molecular formula is C26H31N5O3. The zero-order chi connectivity index (χ0) is 24.6. The van der Waals surface area contributed by atoms with Gasteiger partial charge in [-0.2, -0.15) is 10.2 Å². The number of hydrogen-bond acceptors (Lipinski definition) is 5. The van der Waals surface area contributed by atoms with E-state index >= 15 is 0 Å². The first kappa shape index (κ1) is 23.4. The summed E-state index contributed by atoms with van der Waals surface area (Å²) in [6, 6.07) is 11.8. The number of methoxy groups -OCH3 is 2. The molecule has 0 spiro atoms. The summed E-state index contributed by atoms with van der Waals surface area (Å²) in [5, 5.41) is 13.6. The van der Waals surface area contributed by atoms with Crippen LogP contribution in [0.4, 0.5) is 4.79 Å². The van der Waals surface area contributed by atoms with Crippen LogP contribution in [0.15, 0.2) is 41.5 Å². The van der Waals surface area contributed by atoms with Crippen molar-refractivity contribution >= 4 is 11.7 Å². The number of urea groups is 1. The van der Waals surface area contributed by atoms with Gasteiger partial charge in [0.05, 0.1) is 31.7 Å². The van der Waals surface area contributed by atoms with Gasteiger partial charge < -0.3 is 14.8 Å². The quantitative estimate of drug-likeness (QED) is 0.635. The molecule has 1 aliphatic heterocycles. The molecule has 3 aromatic rings. The Balaban J connectivity index is 1.87. The average Bonchev–Trinajstić information content (AvgIpc) is 3.00. The van der Waals surface area contributed by atoms with Crippen LogP contribution in [0.3, 0.4) is 0 Å². The maximum Gasteiger partial charge on any atom is 0.337 e. The van der Waals surface area contributed by atoms with E-state index in [2.05, 4.69) is 29.5 Å². The van der Waals surface area contributed by atoms with Crippen LogP contribution in [0.1, 0.15) is 35.0 Å². The van der Waals surface area contributed by atoms with Crippen LogP contribution in [-0.2, 0) is 13.5 Å². The highest BCUT2D eigenvalue weighted by atomic mass is 16.5. The zero-order valence-corrected chi connectivity index (χ0v) is 20.8. The molecule has 0 saturated heterocycles. The van der Waals surface area contributed by atoms with E-state index in [1.807, 2.05) is 49.8 Å². The topological polar surface area (TPSA) is 81.0 Å². The predicted octanol–water partition coefficient (Wildman–Crippen LogP) is 4.06. The molecule has 0 bridgehead atoms. The van der Waals surface area contributed by atoms with Gasteiger partial charge in [-0.15, -0.1) is 0 Å². The van der Waals surface area contributed by atoms with Crippen molar-refractivity contribution in [2.24, 2.45) is 12.1 Å². The van der Waals surface area contributed by atoms with Crippen LogP contribution in [0.5, 0.6) is 11.5 Å². The fraction of sp³-hybridized carbons (Fsp3) is 0.346. The van der Waals surface area contributed by atoms with Gasteiger partial charge in [-0.1, -0.05) is 24.3 Å². The van der Waals surface area contributed by atoms with E-state index in [9.17, 15) is 4.79 Å². The number of fused-ring (bicyclic) bond motifs is 1. The molecule has 1 aliphatic rings. The van der Waals surface area contributed by atoms with Gasteiger partial charge in [-0.25, -0.2) is 9.80 Å². The zero-order valence-electron chi connectivity index (χ0n) is 20.8. The molecule has 2 amide bonds. The number of ether oxygens (including phenoxy) is 2. The molecule has 4 rings (SSSR count). The van der Waals surface area contributed by atoms with Crippen molar-refractivity contribution in [3.05, 3.63) is 64.5 Å². The van der Waals surface area contributed by atoms with Crippen molar-refractivity contribution in [3.8, 4) is 22.6 Å². The number of amides is 2. The Hall–Kier alpha value is -3.81. The van der Waals surface area contributed by atoms with Crippen LogP contribution in [0.25, 0.3) is 11.1 Å². The van der Waals surface area contributed by atoms with Crippen molar-refractivity contribution in [3.63, 3.8) is 0 Å². The lowest BCUT2D eigenvalue weighted by Crippen LogP contribution is -2.41. The van der Waals surface area contributed by atoms with Gasteiger partial charge in [0.15, 0.2) is 11.5 Å². The van der Waals surface area contributed by atoms with Crippen LogP contribution >= 0.6 is 0 Å². The van der Waals surface area contributed by atoms with Crippen LogP contribution in [0.2, 0.25) is 0 Å². The minimum atomic E-state index is -0.255. The highest BCUT2D eigenvalue weighted by Crippen LogP contribution is 2.35. The number of benzene rings is 2. The molecule has 178 valence electrons. The molecule has 34 heavy (non-hydrogen) atoms. The summed E-state index contributed by atoms with van der Waals surface area (Å²) in [7, 11) is 6.80. The van der Waals surface area contributed by atoms with Crippen LogP contribution in [0, 0.1) is 13.8 Å². The Bertz CT molecular complexity index is 1260. The van der Waals surface area contributed by atoms with E-state index in [0.29, 0.717) is 23.6 Å². The van der Waals surface area contributed by atoms with E-state index in [1.54, 1.807) is 21.3 Å². The monoisotopic (exact) mass is 461 g/mol. The third-order valence-corrected chi connectivity index (χ3v) is 6.38. The predicted molar refractivity (Wildman–Crippen MR) is 133 cm³/mol. The van der Waals surface area contributed by atoms with Gasteiger partial charge in [0, 0.05) is 36.5 Å². The number of carbonyl (C=O) groups is 1. The highest BCUT2D eigenvalue weighted by Gasteiger charge is 2.28. The maximum absolute atomic E-state index is 12.7. The van der Waals surface area contributed by atoms with Crippen molar-refractivity contribution in [1.29, 1.82) is 0 Å². The molecule has 1 atom stereocenters. The van der Waals surface area contributed by atoms with Gasteiger partial charge in [0.2, 0.25) is 0 Å². The minimum Gasteiger partial charge on any atom is -0.493 e. The standard InChI is InChI=1S/C26H31N5O3/c1-15-12-20-13-22(33-6)23(34-7)14-21(20)25(29-31(15)26(32)27-4)19-10-8-18(9-11-19)24-16(2)28-30(5)17(24)3/h8-11,13-15H,12H2,1-7H3,(H,27,32)/t15-/m1/s1. The fourth-order valence-electron chi connectivity index (χ4n) is 4.53.